The zero-order valence-corrected chi connectivity index (χ0v) is 9.38. The predicted octanol–water partition coefficient (Wildman–Crippen LogP) is 2.63. The highest BCUT2D eigenvalue weighted by Gasteiger charge is 2.09. The number of hydrogen-bond acceptors (Lipinski definition) is 4. The molecule has 1 N–H and O–H groups in total. The lowest BCUT2D eigenvalue weighted by Crippen LogP contribution is -1.92. The summed E-state index contributed by atoms with van der Waals surface area (Å²) in [6, 6.07) is 7.57. The van der Waals surface area contributed by atoms with Crippen LogP contribution < -0.4 is 9.84 Å². The van der Waals surface area contributed by atoms with Crippen LogP contribution in [0, 0.1) is 0 Å². The minimum atomic E-state index is -1.27. The van der Waals surface area contributed by atoms with Crippen molar-refractivity contribution in [1.29, 1.82) is 0 Å². The minimum absolute atomic E-state index is 0.735. The highest BCUT2D eigenvalue weighted by molar-refractivity contribution is 7.42. The first kappa shape index (κ1) is 11.2. The van der Waals surface area contributed by atoms with Gasteiger partial charge in [-0.3, -0.25) is 0 Å². The Morgan fingerprint density at radius 2 is 1.64 bits per heavy atom. The largest absolute Gasteiger partial charge is 0.427 e. The molecule has 0 bridgehead atoms. The highest BCUT2D eigenvalue weighted by Crippen LogP contribution is 2.38. The van der Waals surface area contributed by atoms with Crippen LogP contribution in [0.5, 0.6) is 5.75 Å². The lowest BCUT2D eigenvalue weighted by molar-refractivity contribution is 0.277. The number of rotatable bonds is 5. The Labute approximate surface area is 85.2 Å². The molecule has 4 nitrogen and oxygen atoms in total. The zero-order valence-electron chi connectivity index (χ0n) is 8.48. The molecule has 0 saturated heterocycles. The molecule has 0 radical (unpaired) electrons. The zero-order chi connectivity index (χ0) is 10.4. The summed E-state index contributed by atoms with van der Waals surface area (Å²) in [5.41, 5.74) is 1.04. The summed E-state index contributed by atoms with van der Waals surface area (Å²) in [4.78, 5) is 0. The van der Waals surface area contributed by atoms with Gasteiger partial charge in [0.05, 0.1) is 0 Å². The third kappa shape index (κ3) is 3.14. The van der Waals surface area contributed by atoms with Gasteiger partial charge in [0.1, 0.15) is 5.75 Å². The van der Waals surface area contributed by atoms with Crippen LogP contribution in [-0.2, 0) is 9.05 Å². The molecule has 0 saturated carbocycles. The van der Waals surface area contributed by atoms with Gasteiger partial charge in [-0.25, -0.2) is 0 Å². The van der Waals surface area contributed by atoms with Gasteiger partial charge in [0, 0.05) is 27.0 Å². The second-order valence-electron chi connectivity index (χ2n) is 2.45. The van der Waals surface area contributed by atoms with Gasteiger partial charge in [0.15, 0.2) is 0 Å². The lowest BCUT2D eigenvalue weighted by atomic mass is 10.3. The fourth-order valence-corrected chi connectivity index (χ4v) is 1.51. The summed E-state index contributed by atoms with van der Waals surface area (Å²) in [5.74, 6) is 0.735. The van der Waals surface area contributed by atoms with Gasteiger partial charge in [0.2, 0.25) is 0 Å². The Morgan fingerprint density at radius 1 is 1.07 bits per heavy atom. The molecule has 78 valence electrons. The van der Waals surface area contributed by atoms with Crippen LogP contribution in [-0.4, -0.2) is 21.3 Å². The summed E-state index contributed by atoms with van der Waals surface area (Å²) in [6.45, 7) is 0. The van der Waals surface area contributed by atoms with E-state index in [1.807, 2.05) is 31.3 Å². The van der Waals surface area contributed by atoms with Crippen molar-refractivity contribution >= 4 is 14.3 Å². The molecule has 0 aliphatic heterocycles. The maximum atomic E-state index is 5.40. The van der Waals surface area contributed by atoms with Crippen molar-refractivity contribution in [2.45, 2.75) is 0 Å². The van der Waals surface area contributed by atoms with Crippen molar-refractivity contribution in [3.63, 3.8) is 0 Å². The normalized spacial score (nSPS) is 10.3. The quantitative estimate of drug-likeness (QED) is 0.766. The fraction of sp³-hybridized carbons (Fsp3) is 0.333. The summed E-state index contributed by atoms with van der Waals surface area (Å²) < 4.78 is 15.3. The van der Waals surface area contributed by atoms with Crippen LogP contribution >= 0.6 is 8.60 Å². The smallest absolute Gasteiger partial charge is 0.396 e. The third-order valence-corrected chi connectivity index (χ3v) is 2.58. The monoisotopic (exact) mass is 215 g/mol. The Hall–Kier alpha value is -0.830. The van der Waals surface area contributed by atoms with Crippen LogP contribution in [0.25, 0.3) is 0 Å². The van der Waals surface area contributed by atoms with E-state index in [-0.39, 0.29) is 0 Å². The van der Waals surface area contributed by atoms with Crippen LogP contribution in [0.2, 0.25) is 0 Å². The molecule has 0 unspecified atom stereocenters. The van der Waals surface area contributed by atoms with E-state index in [0.717, 1.165) is 11.4 Å². The maximum absolute atomic E-state index is 5.40. The fourth-order valence-electron chi connectivity index (χ4n) is 0.918. The Bertz CT molecular complexity index is 261. The van der Waals surface area contributed by atoms with Crippen molar-refractivity contribution < 1.29 is 13.6 Å². The molecule has 0 heterocycles. The Morgan fingerprint density at radius 3 is 2.07 bits per heavy atom. The number of benzene rings is 1. The SMILES string of the molecule is CNc1ccc(OP(OC)OC)cc1. The molecule has 5 heteroatoms. The molecule has 1 rings (SSSR count). The van der Waals surface area contributed by atoms with E-state index in [0.29, 0.717) is 0 Å². The van der Waals surface area contributed by atoms with Crippen LogP contribution in [0.15, 0.2) is 24.3 Å². The standard InChI is InChI=1S/C9H14NO3P/c1-10-8-4-6-9(7-5-8)13-14(11-2)12-3/h4-7,10H,1-3H3. The average molecular weight is 215 g/mol. The van der Waals surface area contributed by atoms with Crippen molar-refractivity contribution in [2.24, 2.45) is 0 Å². The highest BCUT2D eigenvalue weighted by atomic mass is 31.2. The summed E-state index contributed by atoms with van der Waals surface area (Å²) in [7, 11) is 3.71. The van der Waals surface area contributed by atoms with Crippen LogP contribution in [0.1, 0.15) is 0 Å². The Balaban J connectivity index is 2.58. The molecule has 14 heavy (non-hydrogen) atoms. The first-order chi connectivity index (χ1) is 6.80. The Kier molecular flexibility index (Phi) is 4.66. The molecule has 0 atom stereocenters. The van der Waals surface area contributed by atoms with Gasteiger partial charge in [-0.1, -0.05) is 0 Å². The van der Waals surface area contributed by atoms with Gasteiger partial charge < -0.3 is 18.9 Å². The minimum Gasteiger partial charge on any atom is -0.427 e. The van der Waals surface area contributed by atoms with Gasteiger partial charge >= 0.3 is 8.60 Å². The van der Waals surface area contributed by atoms with Gasteiger partial charge in [-0.15, -0.1) is 0 Å². The second kappa shape index (κ2) is 5.81. The molecule has 0 amide bonds. The molecular formula is C9H14NO3P. The number of hydrogen-bond donors (Lipinski definition) is 1. The van der Waals surface area contributed by atoms with Gasteiger partial charge in [-0.2, -0.15) is 0 Å². The van der Waals surface area contributed by atoms with E-state index < -0.39 is 8.60 Å². The van der Waals surface area contributed by atoms with Crippen molar-refractivity contribution in [3.8, 4) is 5.75 Å². The molecule has 0 aliphatic carbocycles. The van der Waals surface area contributed by atoms with Crippen LogP contribution in [0.4, 0.5) is 5.69 Å². The van der Waals surface area contributed by atoms with Crippen LogP contribution in [0.3, 0.4) is 0 Å². The first-order valence-corrected chi connectivity index (χ1v) is 5.24. The summed E-state index contributed by atoms with van der Waals surface area (Å²) >= 11 is 0. The first-order valence-electron chi connectivity index (χ1n) is 4.14. The van der Waals surface area contributed by atoms with E-state index >= 15 is 0 Å². The third-order valence-electron chi connectivity index (χ3n) is 1.62. The van der Waals surface area contributed by atoms with E-state index in [9.17, 15) is 0 Å². The number of nitrogens with one attached hydrogen (secondary N) is 1. The van der Waals surface area contributed by atoms with Crippen molar-refractivity contribution in [1.82, 2.24) is 0 Å². The van der Waals surface area contributed by atoms with Gasteiger partial charge in [-0.05, 0) is 24.3 Å². The molecule has 1 aromatic carbocycles. The molecular weight excluding hydrogens is 201 g/mol. The molecule has 0 aliphatic rings. The van der Waals surface area contributed by atoms with Crippen molar-refractivity contribution in [3.05, 3.63) is 24.3 Å². The van der Waals surface area contributed by atoms with E-state index in [2.05, 4.69) is 5.32 Å². The van der Waals surface area contributed by atoms with E-state index in [1.54, 1.807) is 14.2 Å². The van der Waals surface area contributed by atoms with E-state index in [4.69, 9.17) is 13.6 Å². The molecule has 1 aromatic rings. The molecule has 0 spiro atoms. The van der Waals surface area contributed by atoms with Crippen molar-refractivity contribution in [2.75, 3.05) is 26.6 Å². The molecule has 0 fully saturated rings. The van der Waals surface area contributed by atoms with Gasteiger partial charge in [0.25, 0.3) is 0 Å². The summed E-state index contributed by atoms with van der Waals surface area (Å²) in [5, 5.41) is 3.02. The second-order valence-corrected chi connectivity index (χ2v) is 3.81. The topological polar surface area (TPSA) is 39.7 Å². The average Bonchev–Trinajstić information content (AvgIpc) is 2.26. The lowest BCUT2D eigenvalue weighted by Gasteiger charge is -2.12. The summed E-state index contributed by atoms with van der Waals surface area (Å²) in [6.07, 6.45) is 0. The maximum Gasteiger partial charge on any atom is 0.396 e. The number of anilines is 1. The molecule has 0 aromatic heterocycles. The predicted molar refractivity (Wildman–Crippen MR) is 57.6 cm³/mol. The van der Waals surface area contributed by atoms with E-state index in [1.165, 1.54) is 0 Å².